The van der Waals surface area contributed by atoms with Crippen molar-refractivity contribution in [2.24, 2.45) is 5.10 Å². The first-order valence-corrected chi connectivity index (χ1v) is 8.53. The number of thiophene rings is 1. The Bertz CT molecular complexity index is 961. The summed E-state index contributed by atoms with van der Waals surface area (Å²) in [5.41, 5.74) is 1.91. The van der Waals surface area contributed by atoms with E-state index < -0.39 is 4.92 Å². The van der Waals surface area contributed by atoms with Crippen LogP contribution in [-0.4, -0.2) is 22.0 Å². The molecule has 0 aliphatic carbocycles. The van der Waals surface area contributed by atoms with Crippen LogP contribution >= 0.6 is 22.7 Å². The summed E-state index contributed by atoms with van der Waals surface area (Å²) >= 11 is 2.36. The highest BCUT2D eigenvalue weighted by Crippen LogP contribution is 2.30. The summed E-state index contributed by atoms with van der Waals surface area (Å²) in [6.07, 6.45) is 1.43. The number of aromatic nitrogens is 1. The van der Waals surface area contributed by atoms with Crippen molar-refractivity contribution < 1.29 is 9.72 Å². The zero-order valence-corrected chi connectivity index (χ0v) is 14.4. The lowest BCUT2D eigenvalue weighted by molar-refractivity contribution is -0.380. The van der Waals surface area contributed by atoms with Gasteiger partial charge in [-0.05, 0) is 30.7 Å². The van der Waals surface area contributed by atoms with E-state index in [1.807, 2.05) is 25.1 Å². The molecule has 0 spiro atoms. The lowest BCUT2D eigenvalue weighted by atomic mass is 10.2. The minimum absolute atomic E-state index is 0.0290. The average molecular weight is 360 g/mol. The van der Waals surface area contributed by atoms with E-state index in [-0.39, 0.29) is 10.9 Å². The first-order chi connectivity index (χ1) is 11.4. The molecule has 0 fully saturated rings. The average Bonchev–Trinajstić information content (AvgIpc) is 3.13. The fourth-order valence-corrected chi connectivity index (χ4v) is 3.75. The minimum Gasteiger partial charge on any atom is -0.273 e. The highest BCUT2D eigenvalue weighted by Gasteiger charge is 2.16. The molecule has 0 aliphatic heterocycles. The van der Waals surface area contributed by atoms with E-state index in [1.165, 1.54) is 35.6 Å². The topological polar surface area (TPSA) is 88.7 Å². The largest absolute Gasteiger partial charge is 0.324 e. The number of thiazole rings is 1. The van der Waals surface area contributed by atoms with Gasteiger partial charge in [-0.1, -0.05) is 28.7 Å². The summed E-state index contributed by atoms with van der Waals surface area (Å²) in [6.45, 7) is 3.38. The monoisotopic (exact) mass is 360 g/mol. The fraction of sp³-hybridized carbons (Fsp3) is 0.133. The number of aryl methyl sites for hydroxylation is 1. The van der Waals surface area contributed by atoms with E-state index in [0.717, 1.165) is 27.1 Å². The van der Waals surface area contributed by atoms with Crippen LogP contribution in [0.2, 0.25) is 0 Å². The predicted octanol–water partition coefficient (Wildman–Crippen LogP) is 3.96. The number of anilines is 1. The van der Waals surface area contributed by atoms with Crippen LogP contribution in [0.15, 0.2) is 35.4 Å². The standard InChI is InChI=1S/C15H12N4O3S2/c1-9-3-5-12-13(7-9)24-15(17-12)18(10(2)20)16-8-11-4-6-14(23-11)19(21)22/h3-8H,1-2H3/b16-8+. The molecular weight excluding hydrogens is 348 g/mol. The van der Waals surface area contributed by atoms with Crippen molar-refractivity contribution in [3.63, 3.8) is 0 Å². The van der Waals surface area contributed by atoms with Crippen molar-refractivity contribution in [2.75, 3.05) is 5.01 Å². The van der Waals surface area contributed by atoms with Gasteiger partial charge in [0.1, 0.15) is 0 Å². The molecule has 3 aromatic rings. The Kier molecular flexibility index (Phi) is 4.36. The first kappa shape index (κ1) is 16.2. The van der Waals surface area contributed by atoms with Crippen molar-refractivity contribution in [2.45, 2.75) is 13.8 Å². The highest BCUT2D eigenvalue weighted by molar-refractivity contribution is 7.22. The van der Waals surface area contributed by atoms with Gasteiger partial charge in [-0.15, -0.1) is 0 Å². The second kappa shape index (κ2) is 6.46. The minimum atomic E-state index is -0.458. The van der Waals surface area contributed by atoms with Crippen LogP contribution in [0, 0.1) is 17.0 Å². The van der Waals surface area contributed by atoms with Gasteiger partial charge in [0, 0.05) is 13.0 Å². The van der Waals surface area contributed by atoms with E-state index in [1.54, 1.807) is 6.07 Å². The van der Waals surface area contributed by atoms with Crippen LogP contribution in [-0.2, 0) is 4.79 Å². The van der Waals surface area contributed by atoms with Crippen molar-refractivity contribution in [1.29, 1.82) is 0 Å². The third kappa shape index (κ3) is 3.31. The molecule has 0 saturated carbocycles. The Morgan fingerprint density at radius 3 is 2.79 bits per heavy atom. The molecule has 24 heavy (non-hydrogen) atoms. The van der Waals surface area contributed by atoms with Gasteiger partial charge in [-0.3, -0.25) is 14.9 Å². The van der Waals surface area contributed by atoms with Crippen LogP contribution in [0.25, 0.3) is 10.2 Å². The molecule has 0 radical (unpaired) electrons. The number of nitrogens with zero attached hydrogens (tertiary/aromatic N) is 4. The van der Waals surface area contributed by atoms with E-state index in [2.05, 4.69) is 10.1 Å². The Labute approximate surface area is 145 Å². The van der Waals surface area contributed by atoms with Crippen LogP contribution in [0.3, 0.4) is 0 Å². The summed E-state index contributed by atoms with van der Waals surface area (Å²) < 4.78 is 0.971. The van der Waals surface area contributed by atoms with E-state index >= 15 is 0 Å². The normalized spacial score (nSPS) is 11.2. The molecule has 0 saturated heterocycles. The number of hydrazone groups is 1. The molecule has 0 unspecified atom stereocenters. The Hall–Kier alpha value is -2.65. The SMILES string of the molecule is CC(=O)N(/N=C/c1ccc([N+](=O)[O-])s1)c1nc2ccc(C)cc2s1. The Balaban J connectivity index is 1.91. The van der Waals surface area contributed by atoms with Crippen LogP contribution < -0.4 is 5.01 Å². The molecular formula is C15H12N4O3S2. The number of hydrogen-bond donors (Lipinski definition) is 0. The van der Waals surface area contributed by atoms with Crippen LogP contribution in [0.4, 0.5) is 10.1 Å². The van der Waals surface area contributed by atoms with Crippen molar-refractivity contribution in [3.05, 3.63) is 50.9 Å². The molecule has 0 aliphatic rings. The van der Waals surface area contributed by atoms with Crippen molar-refractivity contribution >= 4 is 55.1 Å². The lowest BCUT2D eigenvalue weighted by Crippen LogP contribution is -2.22. The highest BCUT2D eigenvalue weighted by atomic mass is 32.1. The summed E-state index contributed by atoms with van der Waals surface area (Å²) in [5, 5.41) is 16.5. The van der Waals surface area contributed by atoms with Crippen LogP contribution in [0.5, 0.6) is 0 Å². The molecule has 2 heterocycles. The zero-order chi connectivity index (χ0) is 17.3. The third-order valence-electron chi connectivity index (χ3n) is 3.11. The molecule has 0 bridgehead atoms. The molecule has 0 N–H and O–H groups in total. The number of benzene rings is 1. The van der Waals surface area contributed by atoms with Gasteiger partial charge >= 0.3 is 5.00 Å². The van der Waals surface area contributed by atoms with E-state index in [0.29, 0.717) is 10.0 Å². The van der Waals surface area contributed by atoms with Gasteiger partial charge in [0.15, 0.2) is 0 Å². The summed E-state index contributed by atoms with van der Waals surface area (Å²) in [5.74, 6) is -0.284. The maximum absolute atomic E-state index is 11.9. The smallest absolute Gasteiger partial charge is 0.273 e. The molecule has 7 nitrogen and oxygen atoms in total. The molecule has 1 amide bonds. The number of fused-ring (bicyclic) bond motifs is 1. The molecule has 9 heteroatoms. The van der Waals surface area contributed by atoms with E-state index in [4.69, 9.17) is 0 Å². The molecule has 0 atom stereocenters. The number of nitro groups is 1. The molecule has 3 rings (SSSR count). The number of carbonyl (C=O) groups is 1. The summed E-state index contributed by atoms with van der Waals surface area (Å²) in [4.78, 5) is 27.2. The lowest BCUT2D eigenvalue weighted by Gasteiger charge is -2.09. The van der Waals surface area contributed by atoms with Crippen LogP contribution in [0.1, 0.15) is 17.4 Å². The molecule has 122 valence electrons. The maximum Gasteiger partial charge on any atom is 0.324 e. The van der Waals surface area contributed by atoms with E-state index in [9.17, 15) is 14.9 Å². The second-order valence-corrected chi connectivity index (χ2v) is 7.08. The van der Waals surface area contributed by atoms with Gasteiger partial charge < -0.3 is 0 Å². The number of carbonyl (C=O) groups excluding carboxylic acids is 1. The van der Waals surface area contributed by atoms with Crippen molar-refractivity contribution in [3.8, 4) is 0 Å². The summed E-state index contributed by atoms with van der Waals surface area (Å²) in [6, 6.07) is 8.85. The predicted molar refractivity (Wildman–Crippen MR) is 96.1 cm³/mol. The molecule has 2 aromatic heterocycles. The van der Waals surface area contributed by atoms with Gasteiger partial charge in [-0.2, -0.15) is 10.1 Å². The third-order valence-corrected chi connectivity index (χ3v) is 5.07. The summed E-state index contributed by atoms with van der Waals surface area (Å²) in [7, 11) is 0. The fourth-order valence-electron chi connectivity index (χ4n) is 2.00. The van der Waals surface area contributed by atoms with Gasteiger partial charge in [-0.25, -0.2) is 4.98 Å². The second-order valence-electron chi connectivity index (χ2n) is 4.98. The Morgan fingerprint density at radius 2 is 2.12 bits per heavy atom. The maximum atomic E-state index is 11.9. The quantitative estimate of drug-likeness (QED) is 0.400. The zero-order valence-electron chi connectivity index (χ0n) is 12.8. The number of hydrogen-bond acceptors (Lipinski definition) is 7. The van der Waals surface area contributed by atoms with Gasteiger partial charge in [0.05, 0.1) is 26.2 Å². The van der Waals surface area contributed by atoms with Crippen molar-refractivity contribution in [1.82, 2.24) is 4.98 Å². The van der Waals surface area contributed by atoms with Gasteiger partial charge in [0.25, 0.3) is 0 Å². The van der Waals surface area contributed by atoms with Gasteiger partial charge in [0.2, 0.25) is 11.0 Å². The number of amides is 1. The number of rotatable bonds is 4. The Morgan fingerprint density at radius 1 is 1.33 bits per heavy atom. The first-order valence-electron chi connectivity index (χ1n) is 6.90. The molecule has 1 aromatic carbocycles.